The fourth-order valence-electron chi connectivity index (χ4n) is 2.69. The molecular formula is C14H23N3O. The van der Waals surface area contributed by atoms with Crippen molar-refractivity contribution in [3.8, 4) is 5.88 Å². The first-order valence-corrected chi connectivity index (χ1v) is 6.73. The molecule has 0 saturated heterocycles. The largest absolute Gasteiger partial charge is 0.481 e. The molecule has 4 heteroatoms. The summed E-state index contributed by atoms with van der Waals surface area (Å²) in [5, 5.41) is 3.36. The molecule has 0 aliphatic heterocycles. The molecule has 4 nitrogen and oxygen atoms in total. The third-order valence-corrected chi connectivity index (χ3v) is 3.71. The third-order valence-electron chi connectivity index (χ3n) is 3.71. The zero-order valence-electron chi connectivity index (χ0n) is 11.3. The van der Waals surface area contributed by atoms with Crippen LogP contribution in [0, 0.1) is 11.8 Å². The smallest absolute Gasteiger partial charge is 0.215 e. The summed E-state index contributed by atoms with van der Waals surface area (Å²) in [7, 11) is 1.62. The molecular weight excluding hydrogens is 226 g/mol. The van der Waals surface area contributed by atoms with Gasteiger partial charge in [-0.3, -0.25) is 0 Å². The first-order valence-electron chi connectivity index (χ1n) is 6.73. The van der Waals surface area contributed by atoms with E-state index in [4.69, 9.17) is 10.5 Å². The summed E-state index contributed by atoms with van der Waals surface area (Å²) in [6, 6.07) is 3.61. The van der Waals surface area contributed by atoms with Gasteiger partial charge in [-0.05, 0) is 30.7 Å². The van der Waals surface area contributed by atoms with E-state index in [0.29, 0.717) is 11.6 Å². The third kappa shape index (κ3) is 3.28. The maximum absolute atomic E-state index is 5.91. The van der Waals surface area contributed by atoms with E-state index in [2.05, 4.69) is 17.2 Å². The van der Waals surface area contributed by atoms with Gasteiger partial charge in [0, 0.05) is 12.6 Å². The second-order valence-electron chi connectivity index (χ2n) is 5.31. The summed E-state index contributed by atoms with van der Waals surface area (Å²) in [4.78, 5) is 4.34. The molecule has 1 aromatic heterocycles. The normalized spacial score (nSPS) is 23.7. The van der Waals surface area contributed by atoms with Gasteiger partial charge in [0.15, 0.2) is 5.82 Å². The molecule has 2 unspecified atom stereocenters. The number of hydrogen-bond acceptors (Lipinski definition) is 4. The minimum absolute atomic E-state index is 0.601. The summed E-state index contributed by atoms with van der Waals surface area (Å²) < 4.78 is 5.11. The fraction of sp³-hybridized carbons (Fsp3) is 0.643. The Morgan fingerprint density at radius 1 is 1.44 bits per heavy atom. The molecule has 100 valence electrons. The van der Waals surface area contributed by atoms with Crippen LogP contribution in [0.15, 0.2) is 12.1 Å². The number of nitrogens with one attached hydrogen (secondary N) is 1. The standard InChI is InChI=1S/C14H23N3O/c1-10-4-3-5-11(8-10)9-16-14-12(15)6-7-13(17-14)18-2/h6-7,10-11H,3-5,8-9,15H2,1-2H3,(H,16,17). The average Bonchev–Trinajstić information content (AvgIpc) is 2.38. The lowest BCUT2D eigenvalue weighted by atomic mass is 9.82. The van der Waals surface area contributed by atoms with Crippen molar-refractivity contribution in [3.05, 3.63) is 12.1 Å². The van der Waals surface area contributed by atoms with Gasteiger partial charge in [0.2, 0.25) is 5.88 Å². The average molecular weight is 249 g/mol. The topological polar surface area (TPSA) is 60.2 Å². The van der Waals surface area contributed by atoms with Crippen LogP contribution < -0.4 is 15.8 Å². The van der Waals surface area contributed by atoms with Gasteiger partial charge in [-0.1, -0.05) is 19.8 Å². The second-order valence-corrected chi connectivity index (χ2v) is 5.31. The Morgan fingerprint density at radius 3 is 3.00 bits per heavy atom. The zero-order valence-corrected chi connectivity index (χ0v) is 11.3. The molecule has 2 atom stereocenters. The van der Waals surface area contributed by atoms with Crippen molar-refractivity contribution in [1.29, 1.82) is 0 Å². The van der Waals surface area contributed by atoms with Crippen LogP contribution in [0.3, 0.4) is 0 Å². The van der Waals surface area contributed by atoms with Crippen molar-refractivity contribution in [3.63, 3.8) is 0 Å². The van der Waals surface area contributed by atoms with E-state index < -0.39 is 0 Å². The molecule has 1 fully saturated rings. The zero-order chi connectivity index (χ0) is 13.0. The molecule has 1 aliphatic carbocycles. The molecule has 18 heavy (non-hydrogen) atoms. The van der Waals surface area contributed by atoms with Gasteiger partial charge in [-0.25, -0.2) is 0 Å². The summed E-state index contributed by atoms with van der Waals surface area (Å²) in [6.45, 7) is 3.29. The van der Waals surface area contributed by atoms with Gasteiger partial charge in [0.05, 0.1) is 12.8 Å². The van der Waals surface area contributed by atoms with Crippen molar-refractivity contribution in [2.24, 2.45) is 11.8 Å². The first-order chi connectivity index (χ1) is 8.69. The van der Waals surface area contributed by atoms with E-state index >= 15 is 0 Å². The predicted octanol–water partition coefficient (Wildman–Crippen LogP) is 2.91. The highest BCUT2D eigenvalue weighted by molar-refractivity contribution is 5.61. The number of nitrogens with two attached hydrogens (primary N) is 1. The van der Waals surface area contributed by atoms with Gasteiger partial charge < -0.3 is 15.8 Å². The van der Waals surface area contributed by atoms with Gasteiger partial charge in [-0.15, -0.1) is 0 Å². The maximum Gasteiger partial charge on any atom is 0.215 e. The Kier molecular flexibility index (Phi) is 4.28. The molecule has 0 radical (unpaired) electrons. The minimum atomic E-state index is 0.601. The van der Waals surface area contributed by atoms with Crippen molar-refractivity contribution < 1.29 is 4.74 Å². The van der Waals surface area contributed by atoms with Crippen LogP contribution in [-0.4, -0.2) is 18.6 Å². The summed E-state index contributed by atoms with van der Waals surface area (Å²) >= 11 is 0. The molecule has 1 saturated carbocycles. The Labute approximate surface area is 109 Å². The lowest BCUT2D eigenvalue weighted by Gasteiger charge is -2.27. The van der Waals surface area contributed by atoms with E-state index in [1.807, 2.05) is 6.07 Å². The molecule has 3 N–H and O–H groups in total. The summed E-state index contributed by atoms with van der Waals surface area (Å²) in [5.74, 6) is 2.93. The highest BCUT2D eigenvalue weighted by atomic mass is 16.5. The molecule has 2 rings (SSSR count). The number of hydrogen-bond donors (Lipinski definition) is 2. The second kappa shape index (κ2) is 5.94. The molecule has 0 bridgehead atoms. The Hall–Kier alpha value is -1.45. The number of anilines is 2. The number of pyridine rings is 1. The Balaban J connectivity index is 1.92. The van der Waals surface area contributed by atoms with Gasteiger partial charge in [0.25, 0.3) is 0 Å². The first kappa shape index (κ1) is 13.0. The fourth-order valence-corrected chi connectivity index (χ4v) is 2.69. The van der Waals surface area contributed by atoms with Gasteiger partial charge in [0.1, 0.15) is 0 Å². The highest BCUT2D eigenvalue weighted by Crippen LogP contribution is 2.29. The van der Waals surface area contributed by atoms with Gasteiger partial charge in [-0.2, -0.15) is 4.98 Å². The maximum atomic E-state index is 5.91. The van der Waals surface area contributed by atoms with Crippen molar-refractivity contribution in [2.45, 2.75) is 32.6 Å². The minimum Gasteiger partial charge on any atom is -0.481 e. The Bertz CT molecular complexity index is 395. The summed E-state index contributed by atoms with van der Waals surface area (Å²) in [5.41, 5.74) is 6.59. The van der Waals surface area contributed by atoms with Crippen molar-refractivity contribution in [2.75, 3.05) is 24.7 Å². The SMILES string of the molecule is COc1ccc(N)c(NCC2CCCC(C)C2)n1. The van der Waals surface area contributed by atoms with Crippen LogP contribution in [0.2, 0.25) is 0 Å². The van der Waals surface area contributed by atoms with Crippen LogP contribution >= 0.6 is 0 Å². The quantitative estimate of drug-likeness (QED) is 0.861. The lowest BCUT2D eigenvalue weighted by Crippen LogP contribution is -2.21. The van der Waals surface area contributed by atoms with Crippen LogP contribution in [0.25, 0.3) is 0 Å². The van der Waals surface area contributed by atoms with Crippen molar-refractivity contribution in [1.82, 2.24) is 4.98 Å². The van der Waals surface area contributed by atoms with E-state index in [1.165, 1.54) is 25.7 Å². The molecule has 0 aromatic carbocycles. The number of rotatable bonds is 4. The van der Waals surface area contributed by atoms with E-state index in [-0.39, 0.29) is 0 Å². The van der Waals surface area contributed by atoms with E-state index in [1.54, 1.807) is 13.2 Å². The van der Waals surface area contributed by atoms with E-state index in [9.17, 15) is 0 Å². The monoisotopic (exact) mass is 249 g/mol. The molecule has 1 heterocycles. The molecule has 0 amide bonds. The number of aromatic nitrogens is 1. The molecule has 0 spiro atoms. The number of nitrogen functional groups attached to an aromatic ring is 1. The van der Waals surface area contributed by atoms with Gasteiger partial charge >= 0.3 is 0 Å². The molecule has 1 aliphatic rings. The van der Waals surface area contributed by atoms with E-state index in [0.717, 1.165) is 24.2 Å². The number of methoxy groups -OCH3 is 1. The van der Waals surface area contributed by atoms with Crippen LogP contribution in [0.4, 0.5) is 11.5 Å². The lowest BCUT2D eigenvalue weighted by molar-refractivity contribution is 0.293. The van der Waals surface area contributed by atoms with Crippen LogP contribution in [0.5, 0.6) is 5.88 Å². The highest BCUT2D eigenvalue weighted by Gasteiger charge is 2.18. The molecule has 1 aromatic rings. The van der Waals surface area contributed by atoms with Crippen molar-refractivity contribution >= 4 is 11.5 Å². The van der Waals surface area contributed by atoms with Crippen LogP contribution in [0.1, 0.15) is 32.6 Å². The number of ether oxygens (including phenoxy) is 1. The number of nitrogens with zero attached hydrogens (tertiary/aromatic N) is 1. The summed E-state index contributed by atoms with van der Waals surface area (Å²) in [6.07, 6.45) is 5.32. The predicted molar refractivity (Wildman–Crippen MR) is 74.8 cm³/mol. The Morgan fingerprint density at radius 2 is 2.28 bits per heavy atom. The van der Waals surface area contributed by atoms with Crippen LogP contribution in [-0.2, 0) is 0 Å².